The maximum absolute atomic E-state index is 10.2. The standard InChI is InChI=1S/C9H10N2O3S/c1-15-9(6-11(13)14)10-7-2-4-8(12)5-3-7/h2-6,10,12H,1H3/b9-6-. The van der Waals surface area contributed by atoms with E-state index in [9.17, 15) is 10.1 Å². The zero-order chi connectivity index (χ0) is 11.3. The van der Waals surface area contributed by atoms with Crippen molar-refractivity contribution in [3.8, 4) is 5.75 Å². The van der Waals surface area contributed by atoms with E-state index in [2.05, 4.69) is 5.32 Å². The fraction of sp³-hybridized carbons (Fsp3) is 0.111. The first-order chi connectivity index (χ1) is 7.11. The fourth-order valence-electron chi connectivity index (χ4n) is 0.919. The van der Waals surface area contributed by atoms with Crippen LogP contribution in [0.3, 0.4) is 0 Å². The van der Waals surface area contributed by atoms with Crippen LogP contribution in [-0.4, -0.2) is 16.3 Å². The number of nitrogens with zero attached hydrogens (tertiary/aromatic N) is 1. The van der Waals surface area contributed by atoms with E-state index in [-0.39, 0.29) is 5.75 Å². The zero-order valence-electron chi connectivity index (χ0n) is 8.01. The van der Waals surface area contributed by atoms with Gasteiger partial charge in [0, 0.05) is 5.69 Å². The molecular weight excluding hydrogens is 216 g/mol. The van der Waals surface area contributed by atoms with Gasteiger partial charge in [0.15, 0.2) is 0 Å². The molecule has 0 amide bonds. The minimum atomic E-state index is -0.515. The lowest BCUT2D eigenvalue weighted by Gasteiger charge is -2.05. The van der Waals surface area contributed by atoms with Crippen molar-refractivity contribution in [2.45, 2.75) is 0 Å². The maximum Gasteiger partial charge on any atom is 0.264 e. The molecule has 0 fully saturated rings. The molecule has 0 radical (unpaired) electrons. The first-order valence-electron chi connectivity index (χ1n) is 4.07. The predicted octanol–water partition coefficient (Wildman–Crippen LogP) is 2.24. The second-order valence-corrected chi connectivity index (χ2v) is 3.50. The number of phenols is 1. The minimum absolute atomic E-state index is 0.157. The lowest BCUT2D eigenvalue weighted by atomic mass is 10.3. The number of benzene rings is 1. The Labute approximate surface area is 91.0 Å². The van der Waals surface area contributed by atoms with E-state index in [1.54, 1.807) is 18.4 Å². The molecule has 15 heavy (non-hydrogen) atoms. The lowest BCUT2D eigenvalue weighted by molar-refractivity contribution is -0.402. The van der Waals surface area contributed by atoms with E-state index in [4.69, 9.17) is 5.11 Å². The summed E-state index contributed by atoms with van der Waals surface area (Å²) < 4.78 is 0. The normalized spacial score (nSPS) is 11.1. The zero-order valence-corrected chi connectivity index (χ0v) is 8.82. The smallest absolute Gasteiger partial charge is 0.264 e. The molecule has 6 heteroatoms. The van der Waals surface area contributed by atoms with E-state index < -0.39 is 4.92 Å². The largest absolute Gasteiger partial charge is 0.508 e. The summed E-state index contributed by atoms with van der Waals surface area (Å²) in [5.41, 5.74) is 0.690. The van der Waals surface area contributed by atoms with Crippen LogP contribution in [0.2, 0.25) is 0 Å². The van der Waals surface area contributed by atoms with Crippen LogP contribution in [-0.2, 0) is 0 Å². The molecule has 0 saturated heterocycles. The summed E-state index contributed by atoms with van der Waals surface area (Å²) >= 11 is 1.24. The number of phenolic OH excluding ortho intramolecular Hbond substituents is 1. The number of hydrogen-bond acceptors (Lipinski definition) is 5. The van der Waals surface area contributed by atoms with Gasteiger partial charge in [-0.2, -0.15) is 0 Å². The molecule has 80 valence electrons. The van der Waals surface area contributed by atoms with Crippen molar-refractivity contribution in [3.05, 3.63) is 45.6 Å². The lowest BCUT2D eigenvalue weighted by Crippen LogP contribution is -1.98. The molecule has 1 rings (SSSR count). The van der Waals surface area contributed by atoms with Crippen LogP contribution in [0.4, 0.5) is 5.69 Å². The second kappa shape index (κ2) is 5.26. The number of nitro groups is 1. The van der Waals surface area contributed by atoms with Gasteiger partial charge in [-0.15, -0.1) is 11.8 Å². The van der Waals surface area contributed by atoms with Gasteiger partial charge in [0.2, 0.25) is 0 Å². The van der Waals surface area contributed by atoms with Gasteiger partial charge < -0.3 is 10.4 Å². The maximum atomic E-state index is 10.2. The van der Waals surface area contributed by atoms with Crippen LogP contribution in [0.15, 0.2) is 35.5 Å². The van der Waals surface area contributed by atoms with Crippen molar-refractivity contribution in [2.75, 3.05) is 11.6 Å². The van der Waals surface area contributed by atoms with Crippen molar-refractivity contribution in [1.29, 1.82) is 0 Å². The Morgan fingerprint density at radius 2 is 2.13 bits per heavy atom. The Balaban J connectivity index is 2.75. The Morgan fingerprint density at radius 3 is 2.60 bits per heavy atom. The topological polar surface area (TPSA) is 75.4 Å². The van der Waals surface area contributed by atoms with Crippen LogP contribution in [0.1, 0.15) is 0 Å². The second-order valence-electron chi connectivity index (χ2n) is 2.65. The summed E-state index contributed by atoms with van der Waals surface area (Å²) in [7, 11) is 0. The van der Waals surface area contributed by atoms with Crippen molar-refractivity contribution in [3.63, 3.8) is 0 Å². The van der Waals surface area contributed by atoms with Gasteiger partial charge >= 0.3 is 0 Å². The molecular formula is C9H10N2O3S. The Bertz CT molecular complexity index is 375. The van der Waals surface area contributed by atoms with Crippen LogP contribution in [0.25, 0.3) is 0 Å². The highest BCUT2D eigenvalue weighted by atomic mass is 32.2. The molecule has 0 aliphatic rings. The highest BCUT2D eigenvalue weighted by Crippen LogP contribution is 2.19. The van der Waals surface area contributed by atoms with E-state index >= 15 is 0 Å². The van der Waals surface area contributed by atoms with Gasteiger partial charge in [-0.25, -0.2) is 0 Å². The highest BCUT2D eigenvalue weighted by molar-refractivity contribution is 8.02. The number of aromatic hydroxyl groups is 1. The van der Waals surface area contributed by atoms with Gasteiger partial charge in [-0.1, -0.05) is 0 Å². The number of thioether (sulfide) groups is 1. The van der Waals surface area contributed by atoms with Crippen LogP contribution >= 0.6 is 11.8 Å². The molecule has 2 N–H and O–H groups in total. The van der Waals surface area contributed by atoms with Crippen molar-refractivity contribution >= 4 is 17.4 Å². The Kier molecular flexibility index (Phi) is 3.99. The molecule has 0 spiro atoms. The summed E-state index contributed by atoms with van der Waals surface area (Å²) in [4.78, 5) is 9.73. The van der Waals surface area contributed by atoms with Gasteiger partial charge in [-0.05, 0) is 30.5 Å². The third-order valence-corrected chi connectivity index (χ3v) is 2.22. The minimum Gasteiger partial charge on any atom is -0.508 e. The molecule has 1 aromatic carbocycles. The Hall–Kier alpha value is -1.69. The van der Waals surface area contributed by atoms with E-state index in [1.165, 1.54) is 23.9 Å². The molecule has 1 aromatic rings. The summed E-state index contributed by atoms with van der Waals surface area (Å²) in [6.45, 7) is 0. The molecule has 0 aliphatic heterocycles. The molecule has 0 unspecified atom stereocenters. The predicted molar refractivity (Wildman–Crippen MR) is 60.3 cm³/mol. The van der Waals surface area contributed by atoms with Gasteiger partial charge in [0.05, 0.1) is 4.92 Å². The van der Waals surface area contributed by atoms with Crippen molar-refractivity contribution in [2.24, 2.45) is 0 Å². The van der Waals surface area contributed by atoms with Crippen LogP contribution in [0.5, 0.6) is 5.75 Å². The quantitative estimate of drug-likeness (QED) is 0.468. The molecule has 5 nitrogen and oxygen atoms in total. The first-order valence-corrected chi connectivity index (χ1v) is 5.29. The molecule has 0 saturated carbocycles. The molecule has 0 aliphatic carbocycles. The third kappa shape index (κ3) is 3.90. The molecule has 0 atom stereocenters. The summed E-state index contributed by atoms with van der Waals surface area (Å²) in [6, 6.07) is 6.29. The molecule has 0 aromatic heterocycles. The van der Waals surface area contributed by atoms with Crippen LogP contribution < -0.4 is 5.32 Å². The number of nitrogens with one attached hydrogen (secondary N) is 1. The summed E-state index contributed by atoms with van der Waals surface area (Å²) in [6.07, 6.45) is 2.64. The average molecular weight is 226 g/mol. The van der Waals surface area contributed by atoms with Crippen LogP contribution in [0, 0.1) is 10.1 Å². The van der Waals surface area contributed by atoms with Crippen molar-refractivity contribution in [1.82, 2.24) is 0 Å². The monoisotopic (exact) mass is 226 g/mol. The Morgan fingerprint density at radius 1 is 1.53 bits per heavy atom. The number of hydrogen-bond donors (Lipinski definition) is 2. The van der Waals surface area contributed by atoms with Gasteiger partial charge in [0.25, 0.3) is 6.20 Å². The van der Waals surface area contributed by atoms with E-state index in [0.717, 1.165) is 6.20 Å². The third-order valence-electron chi connectivity index (χ3n) is 1.58. The molecule has 0 bridgehead atoms. The fourth-order valence-corrected chi connectivity index (χ4v) is 1.33. The highest BCUT2D eigenvalue weighted by Gasteiger charge is 2.01. The van der Waals surface area contributed by atoms with E-state index in [0.29, 0.717) is 10.7 Å². The van der Waals surface area contributed by atoms with Gasteiger partial charge in [-0.3, -0.25) is 10.1 Å². The summed E-state index contributed by atoms with van der Waals surface area (Å²) in [5, 5.41) is 22.6. The number of rotatable bonds is 4. The van der Waals surface area contributed by atoms with Crippen molar-refractivity contribution < 1.29 is 10.0 Å². The average Bonchev–Trinajstić information content (AvgIpc) is 2.19. The molecule has 0 heterocycles. The number of anilines is 1. The van der Waals surface area contributed by atoms with Gasteiger partial charge in [0.1, 0.15) is 10.8 Å². The summed E-state index contributed by atoms with van der Waals surface area (Å²) in [5.74, 6) is 0.157. The SMILES string of the molecule is CS/C(=C\[N+](=O)[O-])Nc1ccc(O)cc1. The first kappa shape index (κ1) is 11.4. The van der Waals surface area contributed by atoms with E-state index in [1.807, 2.05) is 0 Å².